The third-order valence-electron chi connectivity index (χ3n) is 8.53. The van der Waals surface area contributed by atoms with E-state index in [0.717, 1.165) is 25.9 Å². The monoisotopic (exact) mass is 609 g/mol. The standard InChI is InChI=1S/C34H36FN7O3/c1-34(2,41-15-17-44-18-16-41)20-23(21-36)33(43)40-14-6-7-24(22-40)42-29-12-13-38-32(37)30(29)31(39-42)27-11-10-26(19-28(27)35)45-25-8-4-3-5-9-25/h3-5,8-13,19-20,24H,6-7,14-18,22H2,1-2H3,(H2,37,38)/t24-/m1/s1. The van der Waals surface area contributed by atoms with Crippen molar-refractivity contribution in [2.45, 2.75) is 38.3 Å². The Morgan fingerprint density at radius 2 is 1.91 bits per heavy atom. The van der Waals surface area contributed by atoms with E-state index < -0.39 is 11.4 Å². The topological polar surface area (TPSA) is 123 Å². The number of pyridine rings is 1. The predicted octanol–water partition coefficient (Wildman–Crippen LogP) is 5.34. The van der Waals surface area contributed by atoms with E-state index in [0.29, 0.717) is 54.4 Å². The number of hydrogen-bond acceptors (Lipinski definition) is 8. The molecule has 2 fully saturated rings. The first kappa shape index (κ1) is 30.2. The number of carbonyl (C=O) groups excluding carboxylic acids is 1. The molecule has 4 aromatic rings. The number of carbonyl (C=O) groups is 1. The molecule has 1 amide bonds. The van der Waals surface area contributed by atoms with Crippen LogP contribution in [0.25, 0.3) is 22.2 Å². The zero-order valence-corrected chi connectivity index (χ0v) is 25.4. The van der Waals surface area contributed by atoms with Gasteiger partial charge in [-0.3, -0.25) is 14.4 Å². The van der Waals surface area contributed by atoms with Crippen molar-refractivity contribution in [2.24, 2.45) is 0 Å². The van der Waals surface area contributed by atoms with Gasteiger partial charge in [-0.25, -0.2) is 9.37 Å². The number of anilines is 1. The SMILES string of the molecule is CC(C)(C=C(C#N)C(=O)N1CCC[C@@H](n2nc(-c3ccc(Oc4ccccc4)cc3F)c3c(N)nccc32)C1)N1CCOCC1. The molecule has 4 heterocycles. The highest BCUT2D eigenvalue weighted by molar-refractivity contribution is 6.00. The summed E-state index contributed by atoms with van der Waals surface area (Å²) in [5, 5.41) is 15.4. The Morgan fingerprint density at radius 3 is 2.64 bits per heavy atom. The second-order valence-electron chi connectivity index (χ2n) is 11.9. The predicted molar refractivity (Wildman–Crippen MR) is 169 cm³/mol. The van der Waals surface area contributed by atoms with Crippen LogP contribution in [0.2, 0.25) is 0 Å². The number of nitrogen functional groups attached to an aromatic ring is 1. The van der Waals surface area contributed by atoms with E-state index in [1.807, 2.05) is 36.7 Å². The maximum atomic E-state index is 15.6. The van der Waals surface area contributed by atoms with Crippen molar-refractivity contribution >= 4 is 22.6 Å². The van der Waals surface area contributed by atoms with Crippen molar-refractivity contribution in [1.29, 1.82) is 5.26 Å². The molecule has 0 bridgehead atoms. The van der Waals surface area contributed by atoms with Crippen molar-refractivity contribution in [3.63, 3.8) is 0 Å². The van der Waals surface area contributed by atoms with Crippen LogP contribution in [0.4, 0.5) is 10.2 Å². The molecule has 0 radical (unpaired) electrons. The van der Waals surface area contributed by atoms with Gasteiger partial charge >= 0.3 is 0 Å². The van der Waals surface area contributed by atoms with Gasteiger partial charge in [-0.05, 0) is 63.1 Å². The van der Waals surface area contributed by atoms with Gasteiger partial charge in [0.25, 0.3) is 5.91 Å². The molecule has 6 rings (SSSR count). The second-order valence-corrected chi connectivity index (χ2v) is 11.9. The van der Waals surface area contributed by atoms with Crippen LogP contribution in [-0.2, 0) is 9.53 Å². The minimum Gasteiger partial charge on any atom is -0.457 e. The summed E-state index contributed by atoms with van der Waals surface area (Å²) in [6.45, 7) is 7.61. The molecule has 11 heteroatoms. The lowest BCUT2D eigenvalue weighted by molar-refractivity contribution is -0.128. The molecular weight excluding hydrogens is 573 g/mol. The smallest absolute Gasteiger partial charge is 0.264 e. The normalized spacial score (nSPS) is 18.1. The molecule has 0 saturated carbocycles. The van der Waals surface area contributed by atoms with E-state index in [4.69, 9.17) is 20.3 Å². The van der Waals surface area contributed by atoms with Crippen LogP contribution in [-0.4, -0.2) is 75.4 Å². The zero-order chi connectivity index (χ0) is 31.6. The molecule has 2 saturated heterocycles. The van der Waals surface area contributed by atoms with E-state index in [1.165, 1.54) is 6.07 Å². The average Bonchev–Trinajstić information content (AvgIpc) is 3.45. The number of likely N-dealkylation sites (tertiary alicyclic amines) is 1. The van der Waals surface area contributed by atoms with Gasteiger partial charge in [-0.15, -0.1) is 0 Å². The Morgan fingerprint density at radius 1 is 1.13 bits per heavy atom. The van der Waals surface area contributed by atoms with Crippen molar-refractivity contribution in [3.8, 4) is 28.8 Å². The largest absolute Gasteiger partial charge is 0.457 e. The van der Waals surface area contributed by atoms with E-state index in [1.54, 1.807) is 47.5 Å². The summed E-state index contributed by atoms with van der Waals surface area (Å²) in [5.74, 6) is 0.383. The number of halogens is 1. The van der Waals surface area contributed by atoms with Crippen LogP contribution in [0.1, 0.15) is 32.7 Å². The summed E-state index contributed by atoms with van der Waals surface area (Å²) in [6.07, 6.45) is 4.84. The molecule has 1 atom stereocenters. The Kier molecular flexibility index (Phi) is 8.52. The maximum Gasteiger partial charge on any atom is 0.264 e. The van der Waals surface area contributed by atoms with Crippen LogP contribution < -0.4 is 10.5 Å². The number of nitrogens with zero attached hydrogens (tertiary/aromatic N) is 6. The third kappa shape index (κ3) is 6.25. The number of para-hydroxylation sites is 1. The highest BCUT2D eigenvalue weighted by Gasteiger charge is 2.32. The van der Waals surface area contributed by atoms with Crippen LogP contribution >= 0.6 is 0 Å². The number of nitriles is 1. The number of ether oxygens (including phenoxy) is 2. The number of benzene rings is 2. The fourth-order valence-corrected chi connectivity index (χ4v) is 6.19. The lowest BCUT2D eigenvalue weighted by Crippen LogP contribution is -2.49. The molecule has 2 aromatic carbocycles. The number of piperidine rings is 1. The molecule has 0 unspecified atom stereocenters. The number of rotatable bonds is 7. The van der Waals surface area contributed by atoms with E-state index in [-0.39, 0.29) is 28.9 Å². The summed E-state index contributed by atoms with van der Waals surface area (Å²) >= 11 is 0. The first-order valence-electron chi connectivity index (χ1n) is 15.2. The van der Waals surface area contributed by atoms with Crippen LogP contribution in [0, 0.1) is 17.1 Å². The van der Waals surface area contributed by atoms with Crippen molar-refractivity contribution in [3.05, 3.63) is 78.3 Å². The van der Waals surface area contributed by atoms with Gasteiger partial charge in [0.1, 0.15) is 40.5 Å². The van der Waals surface area contributed by atoms with Crippen LogP contribution in [0.5, 0.6) is 11.5 Å². The van der Waals surface area contributed by atoms with E-state index in [2.05, 4.69) is 16.0 Å². The molecule has 0 spiro atoms. The second kappa shape index (κ2) is 12.7. The summed E-state index contributed by atoms with van der Waals surface area (Å²) < 4.78 is 28.7. The van der Waals surface area contributed by atoms with E-state index >= 15 is 4.39 Å². The lowest BCUT2D eigenvalue weighted by atomic mass is 9.97. The Bertz CT molecular complexity index is 1770. The van der Waals surface area contributed by atoms with Gasteiger partial charge in [0.05, 0.1) is 30.2 Å². The van der Waals surface area contributed by atoms with Gasteiger partial charge in [-0.1, -0.05) is 18.2 Å². The van der Waals surface area contributed by atoms with Crippen molar-refractivity contribution < 1.29 is 18.7 Å². The number of amides is 1. The minimum absolute atomic E-state index is 0.117. The van der Waals surface area contributed by atoms with Gasteiger partial charge in [0.15, 0.2) is 0 Å². The maximum absolute atomic E-state index is 15.6. The van der Waals surface area contributed by atoms with Crippen LogP contribution in [0.15, 0.2) is 72.4 Å². The van der Waals surface area contributed by atoms with Crippen molar-refractivity contribution in [2.75, 3.05) is 45.1 Å². The van der Waals surface area contributed by atoms with Crippen LogP contribution in [0.3, 0.4) is 0 Å². The molecule has 10 nitrogen and oxygen atoms in total. The molecule has 2 N–H and O–H groups in total. The number of hydrogen-bond donors (Lipinski definition) is 1. The highest BCUT2D eigenvalue weighted by atomic mass is 19.1. The molecule has 0 aliphatic carbocycles. The molecule has 45 heavy (non-hydrogen) atoms. The van der Waals surface area contributed by atoms with E-state index in [9.17, 15) is 10.1 Å². The fourth-order valence-electron chi connectivity index (χ4n) is 6.19. The summed E-state index contributed by atoms with van der Waals surface area (Å²) in [7, 11) is 0. The lowest BCUT2D eigenvalue weighted by Gasteiger charge is -2.39. The average molecular weight is 610 g/mol. The van der Waals surface area contributed by atoms with Gasteiger partial charge in [0, 0.05) is 49.5 Å². The molecule has 2 aliphatic rings. The van der Waals surface area contributed by atoms with Gasteiger partial charge in [0.2, 0.25) is 0 Å². The number of fused-ring (bicyclic) bond motifs is 1. The Balaban J connectivity index is 1.28. The molecule has 2 aliphatic heterocycles. The first-order chi connectivity index (χ1) is 21.7. The molecule has 2 aromatic heterocycles. The quantitative estimate of drug-likeness (QED) is 0.220. The van der Waals surface area contributed by atoms with Gasteiger partial charge in [-0.2, -0.15) is 10.4 Å². The first-order valence-corrected chi connectivity index (χ1v) is 15.2. The number of aromatic nitrogens is 3. The molecule has 232 valence electrons. The third-order valence-corrected chi connectivity index (χ3v) is 8.53. The number of nitrogens with two attached hydrogens (primary N) is 1. The minimum atomic E-state index is -0.509. The zero-order valence-electron chi connectivity index (χ0n) is 25.4. The summed E-state index contributed by atoms with van der Waals surface area (Å²) in [6, 6.07) is 17.6. The fraction of sp³-hybridized carbons (Fsp3) is 0.353. The Labute approximate surface area is 261 Å². The highest BCUT2D eigenvalue weighted by Crippen LogP contribution is 2.37. The number of morpholine rings is 1. The summed E-state index contributed by atoms with van der Waals surface area (Å²) in [5.41, 5.74) is 7.31. The Hall–Kier alpha value is -4.79. The molecular formula is C34H36FN7O3. The summed E-state index contributed by atoms with van der Waals surface area (Å²) in [4.78, 5) is 21.9. The van der Waals surface area contributed by atoms with Gasteiger partial charge < -0.3 is 20.1 Å². The van der Waals surface area contributed by atoms with Crippen molar-refractivity contribution in [1.82, 2.24) is 24.6 Å².